The standard InChI is InChI=1S/C13H17N7/c1-4-5-16-12-10(7-14)11(15)20(19-12)13-17-8(2)6-9(3)18-13/h6H,4-5,15H2,1-3H3,(H,16,19). The lowest BCUT2D eigenvalue weighted by Crippen LogP contribution is -2.09. The zero-order chi connectivity index (χ0) is 14.7. The van der Waals surface area contributed by atoms with Gasteiger partial charge in [0.2, 0.25) is 0 Å². The third-order valence-electron chi connectivity index (χ3n) is 2.74. The van der Waals surface area contributed by atoms with Gasteiger partial charge in [-0.2, -0.15) is 9.94 Å². The van der Waals surface area contributed by atoms with Gasteiger partial charge in [-0.05, 0) is 26.3 Å². The van der Waals surface area contributed by atoms with E-state index in [2.05, 4.69) is 26.5 Å². The molecule has 0 aliphatic carbocycles. The molecule has 0 atom stereocenters. The molecular formula is C13H17N7. The van der Waals surface area contributed by atoms with Crippen molar-refractivity contribution in [3.05, 3.63) is 23.0 Å². The van der Waals surface area contributed by atoms with E-state index in [4.69, 9.17) is 5.73 Å². The van der Waals surface area contributed by atoms with E-state index < -0.39 is 0 Å². The summed E-state index contributed by atoms with van der Waals surface area (Å²) in [5.74, 6) is 1.09. The van der Waals surface area contributed by atoms with Crippen LogP contribution < -0.4 is 11.1 Å². The first-order chi connectivity index (χ1) is 9.56. The molecule has 7 heteroatoms. The average molecular weight is 271 g/mol. The monoisotopic (exact) mass is 271 g/mol. The van der Waals surface area contributed by atoms with E-state index >= 15 is 0 Å². The van der Waals surface area contributed by atoms with Gasteiger partial charge >= 0.3 is 0 Å². The first kappa shape index (κ1) is 13.8. The van der Waals surface area contributed by atoms with Crippen molar-refractivity contribution in [3.63, 3.8) is 0 Å². The highest BCUT2D eigenvalue weighted by Gasteiger charge is 2.18. The van der Waals surface area contributed by atoms with Gasteiger partial charge in [0.1, 0.15) is 11.6 Å². The molecule has 2 aromatic rings. The third-order valence-corrected chi connectivity index (χ3v) is 2.74. The smallest absolute Gasteiger partial charge is 0.253 e. The molecule has 2 rings (SSSR count). The molecule has 0 saturated heterocycles. The van der Waals surface area contributed by atoms with Crippen molar-refractivity contribution >= 4 is 11.6 Å². The average Bonchev–Trinajstić information content (AvgIpc) is 2.71. The summed E-state index contributed by atoms with van der Waals surface area (Å²) in [6, 6.07) is 3.93. The molecule has 0 unspecified atom stereocenters. The molecule has 2 aromatic heterocycles. The number of nitrogens with zero attached hydrogens (tertiary/aromatic N) is 5. The Labute approximate surface area is 117 Å². The van der Waals surface area contributed by atoms with Gasteiger partial charge in [0, 0.05) is 17.9 Å². The number of nitrogen functional groups attached to an aromatic ring is 1. The number of nitrogens with two attached hydrogens (primary N) is 1. The van der Waals surface area contributed by atoms with Gasteiger partial charge in [-0.25, -0.2) is 9.97 Å². The van der Waals surface area contributed by atoms with Crippen molar-refractivity contribution in [3.8, 4) is 12.0 Å². The van der Waals surface area contributed by atoms with E-state index in [-0.39, 0.29) is 5.82 Å². The Morgan fingerprint density at radius 2 is 2.00 bits per heavy atom. The van der Waals surface area contributed by atoms with Crippen LogP contribution in [0.5, 0.6) is 0 Å². The highest BCUT2D eigenvalue weighted by atomic mass is 15.4. The van der Waals surface area contributed by atoms with Crippen molar-refractivity contribution in [1.82, 2.24) is 19.7 Å². The topological polar surface area (TPSA) is 105 Å². The number of rotatable bonds is 4. The van der Waals surface area contributed by atoms with Gasteiger partial charge in [0.05, 0.1) is 0 Å². The first-order valence-corrected chi connectivity index (χ1v) is 6.42. The number of nitriles is 1. The second-order valence-corrected chi connectivity index (χ2v) is 4.51. The molecule has 0 spiro atoms. The lowest BCUT2D eigenvalue weighted by Gasteiger charge is -2.04. The van der Waals surface area contributed by atoms with Crippen LogP contribution in [0.25, 0.3) is 5.95 Å². The maximum Gasteiger partial charge on any atom is 0.253 e. The van der Waals surface area contributed by atoms with Crippen LogP contribution in [0.4, 0.5) is 11.6 Å². The lowest BCUT2D eigenvalue weighted by molar-refractivity contribution is 0.801. The lowest BCUT2D eigenvalue weighted by atomic mass is 10.3. The first-order valence-electron chi connectivity index (χ1n) is 6.42. The fourth-order valence-electron chi connectivity index (χ4n) is 1.86. The Balaban J connectivity index is 2.52. The molecule has 0 aliphatic rings. The minimum absolute atomic E-state index is 0.246. The number of aromatic nitrogens is 4. The second kappa shape index (κ2) is 5.57. The molecule has 0 radical (unpaired) electrons. The van der Waals surface area contributed by atoms with E-state index in [0.717, 1.165) is 24.4 Å². The third kappa shape index (κ3) is 2.54. The van der Waals surface area contributed by atoms with E-state index in [9.17, 15) is 5.26 Å². The number of anilines is 2. The minimum atomic E-state index is 0.246. The van der Waals surface area contributed by atoms with Crippen molar-refractivity contribution in [2.45, 2.75) is 27.2 Å². The van der Waals surface area contributed by atoms with E-state index in [1.165, 1.54) is 4.68 Å². The Morgan fingerprint density at radius 1 is 1.35 bits per heavy atom. The molecule has 0 amide bonds. The Morgan fingerprint density at radius 3 is 2.55 bits per heavy atom. The normalized spacial score (nSPS) is 10.3. The van der Waals surface area contributed by atoms with Crippen LogP contribution >= 0.6 is 0 Å². The molecule has 2 heterocycles. The van der Waals surface area contributed by atoms with Crippen LogP contribution in [0.2, 0.25) is 0 Å². The Hall–Kier alpha value is -2.62. The van der Waals surface area contributed by atoms with Crippen LogP contribution in [0, 0.1) is 25.2 Å². The Kier molecular flexibility index (Phi) is 3.84. The highest BCUT2D eigenvalue weighted by Crippen LogP contribution is 2.22. The van der Waals surface area contributed by atoms with Gasteiger partial charge in [-0.15, -0.1) is 5.10 Å². The number of aryl methyl sites for hydroxylation is 2. The molecule has 20 heavy (non-hydrogen) atoms. The van der Waals surface area contributed by atoms with Crippen molar-refractivity contribution in [2.75, 3.05) is 17.6 Å². The Bertz CT molecular complexity index is 646. The van der Waals surface area contributed by atoms with Crippen LogP contribution in [-0.2, 0) is 0 Å². The summed E-state index contributed by atoms with van der Waals surface area (Å²) >= 11 is 0. The zero-order valence-electron chi connectivity index (χ0n) is 11.8. The van der Waals surface area contributed by atoms with Crippen LogP contribution in [0.3, 0.4) is 0 Å². The summed E-state index contributed by atoms with van der Waals surface area (Å²) in [6.07, 6.45) is 0.928. The van der Waals surface area contributed by atoms with Crippen molar-refractivity contribution in [2.24, 2.45) is 0 Å². The molecule has 0 bridgehead atoms. The van der Waals surface area contributed by atoms with Crippen LogP contribution in [0.1, 0.15) is 30.3 Å². The molecule has 0 fully saturated rings. The molecule has 0 aromatic carbocycles. The molecule has 104 valence electrons. The fourth-order valence-corrected chi connectivity index (χ4v) is 1.86. The fraction of sp³-hybridized carbons (Fsp3) is 0.385. The summed E-state index contributed by atoms with van der Waals surface area (Å²) in [5, 5.41) is 16.6. The summed E-state index contributed by atoms with van der Waals surface area (Å²) in [4.78, 5) is 8.61. The summed E-state index contributed by atoms with van der Waals surface area (Å²) in [5.41, 5.74) is 7.94. The quantitative estimate of drug-likeness (QED) is 0.874. The van der Waals surface area contributed by atoms with Crippen LogP contribution in [-0.4, -0.2) is 26.3 Å². The van der Waals surface area contributed by atoms with E-state index in [0.29, 0.717) is 17.3 Å². The molecule has 0 saturated carbocycles. The van der Waals surface area contributed by atoms with E-state index in [1.807, 2.05) is 26.8 Å². The maximum absolute atomic E-state index is 9.20. The highest BCUT2D eigenvalue weighted by molar-refractivity contribution is 5.65. The van der Waals surface area contributed by atoms with E-state index in [1.54, 1.807) is 0 Å². The van der Waals surface area contributed by atoms with Gasteiger partial charge in [0.25, 0.3) is 5.95 Å². The molecule has 7 nitrogen and oxygen atoms in total. The molecular weight excluding hydrogens is 254 g/mol. The van der Waals surface area contributed by atoms with Gasteiger partial charge < -0.3 is 11.1 Å². The van der Waals surface area contributed by atoms with Gasteiger partial charge in [-0.1, -0.05) is 6.92 Å². The molecule has 0 aliphatic heterocycles. The number of hydrogen-bond donors (Lipinski definition) is 2. The molecule has 3 N–H and O–H groups in total. The SMILES string of the molecule is CCCNc1nn(-c2nc(C)cc(C)n2)c(N)c1C#N. The predicted molar refractivity (Wildman–Crippen MR) is 76.5 cm³/mol. The zero-order valence-corrected chi connectivity index (χ0v) is 11.8. The van der Waals surface area contributed by atoms with Crippen LogP contribution in [0.15, 0.2) is 6.07 Å². The van der Waals surface area contributed by atoms with Gasteiger partial charge in [0.15, 0.2) is 11.6 Å². The second-order valence-electron chi connectivity index (χ2n) is 4.51. The number of nitrogens with one attached hydrogen (secondary N) is 1. The predicted octanol–water partition coefficient (Wildman–Crippen LogP) is 1.55. The summed E-state index contributed by atoms with van der Waals surface area (Å²) in [7, 11) is 0. The summed E-state index contributed by atoms with van der Waals surface area (Å²) in [6.45, 7) is 6.50. The van der Waals surface area contributed by atoms with Gasteiger partial charge in [-0.3, -0.25) is 0 Å². The summed E-state index contributed by atoms with van der Waals surface area (Å²) < 4.78 is 1.40. The van der Waals surface area contributed by atoms with Crippen molar-refractivity contribution in [1.29, 1.82) is 5.26 Å². The largest absolute Gasteiger partial charge is 0.382 e. The number of hydrogen-bond acceptors (Lipinski definition) is 6. The maximum atomic E-state index is 9.20. The minimum Gasteiger partial charge on any atom is -0.382 e. The van der Waals surface area contributed by atoms with Crippen molar-refractivity contribution < 1.29 is 0 Å².